The summed E-state index contributed by atoms with van der Waals surface area (Å²) in [4.78, 5) is 1.99. The average Bonchev–Trinajstić information content (AvgIpc) is 3.07. The molecule has 3 rings (SSSR count). The van der Waals surface area contributed by atoms with Gasteiger partial charge in [-0.1, -0.05) is 31.0 Å². The Morgan fingerprint density at radius 1 is 0.884 bits per heavy atom. The summed E-state index contributed by atoms with van der Waals surface area (Å²) in [5.74, 6) is -1.23. The molecule has 0 saturated heterocycles. The predicted molar refractivity (Wildman–Crippen MR) is 164 cm³/mol. The minimum atomic E-state index is -4.50. The van der Waals surface area contributed by atoms with Crippen LogP contribution in [0.4, 0.5) is 17.6 Å². The standard InChI is InChI=1S/C33H45F4NO4S/c1-32(2,40)24-38(20-8-21-43(41,42)22-18-33(35,36)37)19-6-4-3-5-10-31-29(25-12-14-27(34)15-13-25)11-7-9-26-23-28(39)16-17-30(26)31/h12-17,23,39-40H,3-11,18-22,24H2,1-2H3. The van der Waals surface area contributed by atoms with E-state index in [4.69, 9.17) is 0 Å². The van der Waals surface area contributed by atoms with E-state index in [0.29, 0.717) is 19.6 Å². The summed E-state index contributed by atoms with van der Waals surface area (Å²) in [5.41, 5.74) is 4.73. The van der Waals surface area contributed by atoms with Gasteiger partial charge in [0.25, 0.3) is 0 Å². The third-order valence-corrected chi connectivity index (χ3v) is 9.47. The Balaban J connectivity index is 1.57. The van der Waals surface area contributed by atoms with Crippen LogP contribution in [0.25, 0.3) is 11.1 Å². The summed E-state index contributed by atoms with van der Waals surface area (Å²) >= 11 is 0. The van der Waals surface area contributed by atoms with Crippen molar-refractivity contribution < 1.29 is 36.2 Å². The van der Waals surface area contributed by atoms with Crippen molar-refractivity contribution in [3.8, 4) is 5.75 Å². The van der Waals surface area contributed by atoms with Crippen LogP contribution in [-0.2, 0) is 16.3 Å². The second kappa shape index (κ2) is 15.5. The maximum Gasteiger partial charge on any atom is 0.390 e. The molecule has 2 N–H and O–H groups in total. The van der Waals surface area contributed by atoms with Crippen molar-refractivity contribution in [3.63, 3.8) is 0 Å². The lowest BCUT2D eigenvalue weighted by molar-refractivity contribution is -0.129. The van der Waals surface area contributed by atoms with Crippen molar-refractivity contribution in [1.29, 1.82) is 0 Å². The van der Waals surface area contributed by atoms with Gasteiger partial charge in [-0.25, -0.2) is 12.8 Å². The quantitative estimate of drug-likeness (QED) is 0.148. The zero-order chi connectivity index (χ0) is 31.7. The number of allylic oxidation sites excluding steroid dienone is 2. The van der Waals surface area contributed by atoms with Crippen LogP contribution in [-0.4, -0.2) is 66.4 Å². The third-order valence-electron chi connectivity index (χ3n) is 7.73. The highest BCUT2D eigenvalue weighted by molar-refractivity contribution is 7.91. The fraction of sp³-hybridized carbons (Fsp3) is 0.576. The second-order valence-electron chi connectivity index (χ2n) is 12.3. The Hall–Kier alpha value is -2.43. The van der Waals surface area contributed by atoms with Crippen LogP contribution in [0.5, 0.6) is 5.75 Å². The number of alkyl halides is 3. The number of aryl methyl sites for hydroxylation is 1. The first-order valence-corrected chi connectivity index (χ1v) is 17.0. The molecule has 10 heteroatoms. The number of unbranched alkanes of at least 4 members (excludes halogenated alkanes) is 3. The molecule has 2 aromatic carbocycles. The molecule has 1 aliphatic carbocycles. The average molecular weight is 628 g/mol. The maximum absolute atomic E-state index is 13.6. The monoisotopic (exact) mass is 627 g/mol. The first-order chi connectivity index (χ1) is 20.1. The number of rotatable bonds is 16. The molecule has 0 fully saturated rings. The predicted octanol–water partition coefficient (Wildman–Crippen LogP) is 7.56. The zero-order valence-electron chi connectivity index (χ0n) is 25.2. The van der Waals surface area contributed by atoms with E-state index in [1.807, 2.05) is 29.2 Å². The van der Waals surface area contributed by atoms with Gasteiger partial charge in [-0.05, 0) is 124 Å². The molecule has 1 aliphatic rings. The Bertz CT molecular complexity index is 1320. The number of hydrogen-bond donors (Lipinski definition) is 2. The Kier molecular flexibility index (Phi) is 12.7. The van der Waals surface area contributed by atoms with Crippen molar-refractivity contribution in [2.75, 3.05) is 31.1 Å². The number of halogens is 4. The van der Waals surface area contributed by atoms with Crippen molar-refractivity contribution in [3.05, 3.63) is 65.0 Å². The molecular formula is C33H45F4NO4S. The fourth-order valence-corrected chi connectivity index (χ4v) is 7.11. The van der Waals surface area contributed by atoms with Gasteiger partial charge >= 0.3 is 6.18 Å². The molecule has 0 radical (unpaired) electrons. The molecule has 43 heavy (non-hydrogen) atoms. The molecule has 0 aliphatic heterocycles. The van der Waals surface area contributed by atoms with Gasteiger partial charge in [-0.15, -0.1) is 0 Å². The first kappa shape index (κ1) is 35.1. The fourth-order valence-electron chi connectivity index (χ4n) is 5.79. The van der Waals surface area contributed by atoms with Gasteiger partial charge in [0.15, 0.2) is 9.84 Å². The normalized spacial score (nSPS) is 14.7. The van der Waals surface area contributed by atoms with E-state index < -0.39 is 33.8 Å². The van der Waals surface area contributed by atoms with E-state index in [2.05, 4.69) is 0 Å². The lowest BCUT2D eigenvalue weighted by Gasteiger charge is -2.29. The summed E-state index contributed by atoms with van der Waals surface area (Å²) in [5, 5.41) is 20.4. The lowest BCUT2D eigenvalue weighted by Crippen LogP contribution is -2.40. The highest BCUT2D eigenvalue weighted by Gasteiger charge is 2.30. The number of phenols is 1. The smallest absolute Gasteiger partial charge is 0.390 e. The number of aliphatic hydroxyl groups is 1. The van der Waals surface area contributed by atoms with Crippen molar-refractivity contribution in [2.24, 2.45) is 0 Å². The van der Waals surface area contributed by atoms with Gasteiger partial charge in [0.1, 0.15) is 11.6 Å². The highest BCUT2D eigenvalue weighted by atomic mass is 32.2. The number of phenolic OH excluding ortho intramolecular Hbond substituents is 1. The van der Waals surface area contributed by atoms with Crippen molar-refractivity contribution >= 4 is 21.0 Å². The van der Waals surface area contributed by atoms with Gasteiger partial charge in [0.2, 0.25) is 0 Å². The van der Waals surface area contributed by atoms with E-state index in [-0.39, 0.29) is 23.7 Å². The van der Waals surface area contributed by atoms with Crippen LogP contribution >= 0.6 is 0 Å². The molecule has 2 aromatic rings. The van der Waals surface area contributed by atoms with E-state index in [1.54, 1.807) is 19.9 Å². The van der Waals surface area contributed by atoms with Crippen LogP contribution in [0.2, 0.25) is 0 Å². The Labute approximate surface area is 253 Å². The number of aromatic hydroxyl groups is 1. The van der Waals surface area contributed by atoms with E-state index in [0.717, 1.165) is 68.1 Å². The topological polar surface area (TPSA) is 77.8 Å². The van der Waals surface area contributed by atoms with Crippen molar-refractivity contribution in [2.45, 2.75) is 89.8 Å². The molecule has 0 heterocycles. The first-order valence-electron chi connectivity index (χ1n) is 15.1. The third kappa shape index (κ3) is 12.6. The number of fused-ring (bicyclic) bond motifs is 1. The van der Waals surface area contributed by atoms with Gasteiger partial charge < -0.3 is 15.1 Å². The number of benzene rings is 2. The van der Waals surface area contributed by atoms with Crippen LogP contribution in [0.3, 0.4) is 0 Å². The van der Waals surface area contributed by atoms with Crippen LogP contribution in [0.1, 0.15) is 88.3 Å². The summed E-state index contributed by atoms with van der Waals surface area (Å²) in [7, 11) is -3.80. The molecule has 0 spiro atoms. The summed E-state index contributed by atoms with van der Waals surface area (Å²) in [6, 6.07) is 12.2. The molecule has 0 unspecified atom stereocenters. The summed E-state index contributed by atoms with van der Waals surface area (Å²) in [6.45, 7) is 4.73. The van der Waals surface area contributed by atoms with E-state index in [9.17, 15) is 36.2 Å². The van der Waals surface area contributed by atoms with Crippen molar-refractivity contribution in [1.82, 2.24) is 4.90 Å². The molecule has 5 nitrogen and oxygen atoms in total. The molecular weight excluding hydrogens is 582 g/mol. The Morgan fingerprint density at radius 3 is 2.23 bits per heavy atom. The highest BCUT2D eigenvalue weighted by Crippen LogP contribution is 2.39. The zero-order valence-corrected chi connectivity index (χ0v) is 26.0. The van der Waals surface area contributed by atoms with Crippen LogP contribution < -0.4 is 0 Å². The molecule has 240 valence electrons. The van der Waals surface area contributed by atoms with Gasteiger partial charge in [0, 0.05) is 6.54 Å². The van der Waals surface area contributed by atoms with Crippen LogP contribution in [0.15, 0.2) is 42.5 Å². The van der Waals surface area contributed by atoms with Gasteiger partial charge in [-0.2, -0.15) is 13.2 Å². The maximum atomic E-state index is 13.6. The largest absolute Gasteiger partial charge is 0.508 e. The van der Waals surface area contributed by atoms with E-state index >= 15 is 0 Å². The number of nitrogens with zero attached hydrogens (tertiary/aromatic N) is 1. The molecule has 0 atom stereocenters. The molecule has 0 saturated carbocycles. The van der Waals surface area contributed by atoms with E-state index in [1.165, 1.54) is 23.3 Å². The Morgan fingerprint density at radius 2 is 1.56 bits per heavy atom. The summed E-state index contributed by atoms with van der Waals surface area (Å²) < 4.78 is 75.1. The van der Waals surface area contributed by atoms with Gasteiger partial charge in [-0.3, -0.25) is 0 Å². The van der Waals surface area contributed by atoms with Crippen LogP contribution in [0, 0.1) is 5.82 Å². The molecule has 0 amide bonds. The lowest BCUT2D eigenvalue weighted by atomic mass is 9.89. The second-order valence-corrected chi connectivity index (χ2v) is 14.6. The van der Waals surface area contributed by atoms with Gasteiger partial charge in [0.05, 0.1) is 23.5 Å². The SMILES string of the molecule is CC(C)(O)CN(CCCCCCC1=C(c2ccc(F)cc2)CCCc2cc(O)ccc21)CCCS(=O)(=O)CCC(F)(F)F. The summed E-state index contributed by atoms with van der Waals surface area (Å²) in [6.07, 6.45) is 1.54. The number of hydrogen-bond acceptors (Lipinski definition) is 5. The molecule has 0 bridgehead atoms. The number of sulfone groups is 1. The minimum Gasteiger partial charge on any atom is -0.508 e. The minimum absolute atomic E-state index is 0.214. The molecule has 0 aromatic heterocycles.